The number of ether oxygens (including phenoxy) is 1. The van der Waals surface area contributed by atoms with E-state index < -0.39 is 17.9 Å². The molecule has 0 aliphatic carbocycles. The first kappa shape index (κ1) is 18.9. The summed E-state index contributed by atoms with van der Waals surface area (Å²) in [6.07, 6.45) is -0.912. The van der Waals surface area contributed by atoms with Gasteiger partial charge in [0.05, 0.1) is 5.56 Å². The van der Waals surface area contributed by atoms with Gasteiger partial charge in [0.2, 0.25) is 0 Å². The Morgan fingerprint density at radius 2 is 1.70 bits per heavy atom. The second kappa shape index (κ2) is 8.20. The van der Waals surface area contributed by atoms with E-state index in [0.717, 1.165) is 24.8 Å². The van der Waals surface area contributed by atoms with Crippen molar-refractivity contribution < 1.29 is 18.7 Å². The van der Waals surface area contributed by atoms with E-state index in [0.29, 0.717) is 18.7 Å². The van der Waals surface area contributed by atoms with E-state index in [1.165, 1.54) is 12.1 Å². The van der Waals surface area contributed by atoms with Crippen LogP contribution in [-0.4, -0.2) is 49.1 Å². The third kappa shape index (κ3) is 4.45. The number of hydrogen-bond acceptors (Lipinski definition) is 4. The van der Waals surface area contributed by atoms with Crippen LogP contribution in [-0.2, 0) is 9.53 Å². The van der Waals surface area contributed by atoms with Gasteiger partial charge in [-0.1, -0.05) is 24.3 Å². The molecule has 2 aromatic carbocycles. The number of piperazine rings is 1. The van der Waals surface area contributed by atoms with E-state index in [1.54, 1.807) is 18.7 Å². The number of hydrogen-bond donors (Lipinski definition) is 0. The molecular formula is C21H23FN2O3. The standard InChI is InChI=1S/C21H23FN2O3/c1-15-8-9-17(14-19(15)22)21(26)27-16(2)20(25)24-12-10-23(11-13-24)18-6-4-3-5-7-18/h3-9,14,16H,10-13H2,1-2H3/t16-/m0/s1. The molecule has 3 rings (SSSR count). The number of carbonyl (C=O) groups is 2. The molecular weight excluding hydrogens is 347 g/mol. The Balaban J connectivity index is 1.55. The summed E-state index contributed by atoms with van der Waals surface area (Å²) in [6.45, 7) is 5.74. The van der Waals surface area contributed by atoms with Crippen LogP contribution in [0.25, 0.3) is 0 Å². The highest BCUT2D eigenvalue weighted by Gasteiger charge is 2.27. The smallest absolute Gasteiger partial charge is 0.339 e. The molecule has 142 valence electrons. The van der Waals surface area contributed by atoms with Crippen molar-refractivity contribution in [1.29, 1.82) is 0 Å². The minimum atomic E-state index is -0.912. The summed E-state index contributed by atoms with van der Waals surface area (Å²) in [5.74, 6) is -1.40. The number of benzene rings is 2. The fraction of sp³-hybridized carbons (Fsp3) is 0.333. The third-order valence-electron chi connectivity index (χ3n) is 4.75. The van der Waals surface area contributed by atoms with Crippen LogP contribution in [0.2, 0.25) is 0 Å². The molecule has 1 atom stereocenters. The van der Waals surface area contributed by atoms with Gasteiger partial charge < -0.3 is 14.5 Å². The van der Waals surface area contributed by atoms with Crippen LogP contribution in [0.5, 0.6) is 0 Å². The molecule has 1 aliphatic rings. The monoisotopic (exact) mass is 370 g/mol. The minimum absolute atomic E-state index is 0.103. The minimum Gasteiger partial charge on any atom is -0.449 e. The molecule has 2 aromatic rings. The highest BCUT2D eigenvalue weighted by atomic mass is 19.1. The average molecular weight is 370 g/mol. The quantitative estimate of drug-likeness (QED) is 0.777. The summed E-state index contributed by atoms with van der Waals surface area (Å²) in [6, 6.07) is 14.2. The number of halogens is 1. The zero-order chi connectivity index (χ0) is 19.4. The van der Waals surface area contributed by atoms with Crippen LogP contribution >= 0.6 is 0 Å². The summed E-state index contributed by atoms with van der Waals surface area (Å²) in [5, 5.41) is 0. The first-order chi connectivity index (χ1) is 13.0. The van der Waals surface area contributed by atoms with Gasteiger partial charge in [0.15, 0.2) is 6.10 Å². The Bertz CT molecular complexity index is 817. The molecule has 27 heavy (non-hydrogen) atoms. The third-order valence-corrected chi connectivity index (χ3v) is 4.75. The van der Waals surface area contributed by atoms with Crippen LogP contribution in [0.15, 0.2) is 48.5 Å². The van der Waals surface area contributed by atoms with E-state index in [-0.39, 0.29) is 11.5 Å². The molecule has 0 unspecified atom stereocenters. The van der Waals surface area contributed by atoms with Crippen molar-refractivity contribution in [1.82, 2.24) is 4.90 Å². The molecule has 0 spiro atoms. The molecule has 5 nitrogen and oxygen atoms in total. The summed E-state index contributed by atoms with van der Waals surface area (Å²) in [7, 11) is 0. The van der Waals surface area contributed by atoms with Gasteiger partial charge in [-0.15, -0.1) is 0 Å². The zero-order valence-electron chi connectivity index (χ0n) is 15.5. The van der Waals surface area contributed by atoms with Gasteiger partial charge in [-0.3, -0.25) is 4.79 Å². The number of rotatable bonds is 4. The largest absolute Gasteiger partial charge is 0.449 e. The summed E-state index contributed by atoms with van der Waals surface area (Å²) in [5.41, 5.74) is 1.68. The fourth-order valence-corrected chi connectivity index (χ4v) is 3.08. The zero-order valence-corrected chi connectivity index (χ0v) is 15.5. The highest BCUT2D eigenvalue weighted by Crippen LogP contribution is 2.17. The number of carbonyl (C=O) groups excluding carboxylic acids is 2. The number of amides is 1. The molecule has 1 heterocycles. The van der Waals surface area contributed by atoms with Gasteiger partial charge in [0, 0.05) is 31.9 Å². The number of para-hydroxylation sites is 1. The first-order valence-electron chi connectivity index (χ1n) is 9.01. The lowest BCUT2D eigenvalue weighted by Crippen LogP contribution is -2.51. The maximum atomic E-state index is 13.6. The summed E-state index contributed by atoms with van der Waals surface area (Å²) in [4.78, 5) is 28.7. The molecule has 0 saturated carbocycles. The van der Waals surface area contributed by atoms with Crippen molar-refractivity contribution in [3.8, 4) is 0 Å². The predicted molar refractivity (Wildman–Crippen MR) is 101 cm³/mol. The maximum Gasteiger partial charge on any atom is 0.339 e. The lowest BCUT2D eigenvalue weighted by molar-refractivity contribution is -0.140. The van der Waals surface area contributed by atoms with E-state index in [2.05, 4.69) is 4.90 Å². The van der Waals surface area contributed by atoms with Gasteiger partial charge in [0.25, 0.3) is 5.91 Å². The van der Waals surface area contributed by atoms with Crippen molar-refractivity contribution >= 4 is 17.6 Å². The molecule has 0 N–H and O–H groups in total. The second-order valence-electron chi connectivity index (χ2n) is 6.66. The maximum absolute atomic E-state index is 13.6. The van der Waals surface area contributed by atoms with Crippen LogP contribution < -0.4 is 4.90 Å². The van der Waals surface area contributed by atoms with Crippen molar-refractivity contribution in [2.75, 3.05) is 31.1 Å². The Morgan fingerprint density at radius 1 is 1.04 bits per heavy atom. The molecule has 1 fully saturated rings. The van der Waals surface area contributed by atoms with Crippen molar-refractivity contribution in [3.05, 3.63) is 65.5 Å². The van der Waals surface area contributed by atoms with Crippen LogP contribution in [0.4, 0.5) is 10.1 Å². The molecule has 1 aliphatic heterocycles. The van der Waals surface area contributed by atoms with E-state index in [1.807, 2.05) is 30.3 Å². The number of nitrogens with zero attached hydrogens (tertiary/aromatic N) is 2. The van der Waals surface area contributed by atoms with Gasteiger partial charge in [-0.05, 0) is 43.7 Å². The van der Waals surface area contributed by atoms with Crippen LogP contribution in [0, 0.1) is 12.7 Å². The predicted octanol–water partition coefficient (Wildman–Crippen LogP) is 3.03. The first-order valence-corrected chi connectivity index (χ1v) is 9.01. The van der Waals surface area contributed by atoms with Crippen molar-refractivity contribution in [2.24, 2.45) is 0 Å². The topological polar surface area (TPSA) is 49.9 Å². The summed E-state index contributed by atoms with van der Waals surface area (Å²) < 4.78 is 18.9. The average Bonchev–Trinajstić information content (AvgIpc) is 2.70. The molecule has 1 saturated heterocycles. The van der Waals surface area contributed by atoms with Crippen molar-refractivity contribution in [2.45, 2.75) is 20.0 Å². The fourth-order valence-electron chi connectivity index (χ4n) is 3.08. The Morgan fingerprint density at radius 3 is 2.33 bits per heavy atom. The Labute approximate surface area is 158 Å². The normalized spacial score (nSPS) is 15.4. The second-order valence-corrected chi connectivity index (χ2v) is 6.66. The molecule has 0 bridgehead atoms. The van der Waals surface area contributed by atoms with Gasteiger partial charge >= 0.3 is 5.97 Å². The lowest BCUT2D eigenvalue weighted by Gasteiger charge is -2.37. The molecule has 0 aromatic heterocycles. The number of anilines is 1. The van der Waals surface area contributed by atoms with E-state index >= 15 is 0 Å². The lowest BCUT2D eigenvalue weighted by atomic mass is 10.1. The van der Waals surface area contributed by atoms with Crippen molar-refractivity contribution in [3.63, 3.8) is 0 Å². The molecule has 0 radical (unpaired) electrons. The SMILES string of the molecule is Cc1ccc(C(=O)O[C@@H](C)C(=O)N2CCN(c3ccccc3)CC2)cc1F. The van der Waals surface area contributed by atoms with Crippen LogP contribution in [0.1, 0.15) is 22.8 Å². The van der Waals surface area contributed by atoms with Gasteiger partial charge in [-0.25, -0.2) is 9.18 Å². The van der Waals surface area contributed by atoms with Gasteiger partial charge in [-0.2, -0.15) is 0 Å². The van der Waals surface area contributed by atoms with E-state index in [9.17, 15) is 14.0 Å². The van der Waals surface area contributed by atoms with E-state index in [4.69, 9.17) is 4.74 Å². The Kier molecular flexibility index (Phi) is 5.74. The van der Waals surface area contributed by atoms with Crippen LogP contribution in [0.3, 0.4) is 0 Å². The summed E-state index contributed by atoms with van der Waals surface area (Å²) >= 11 is 0. The Hall–Kier alpha value is -2.89. The van der Waals surface area contributed by atoms with Gasteiger partial charge in [0.1, 0.15) is 5.82 Å². The number of aryl methyl sites for hydroxylation is 1. The number of esters is 1. The molecule has 6 heteroatoms. The highest BCUT2D eigenvalue weighted by molar-refractivity contribution is 5.92. The molecule has 1 amide bonds.